The van der Waals surface area contributed by atoms with E-state index in [1.165, 1.54) is 19.3 Å². The van der Waals surface area contributed by atoms with Crippen molar-refractivity contribution >= 4 is 5.96 Å². The third-order valence-corrected chi connectivity index (χ3v) is 3.91. The molecule has 0 heterocycles. The van der Waals surface area contributed by atoms with Gasteiger partial charge >= 0.3 is 0 Å². The molecule has 0 aliphatic carbocycles. The van der Waals surface area contributed by atoms with E-state index in [4.69, 9.17) is 5.73 Å². The minimum absolute atomic E-state index is 0.345. The maximum Gasteiger partial charge on any atom is 0.191 e. The van der Waals surface area contributed by atoms with E-state index < -0.39 is 0 Å². The fraction of sp³-hybridized carbons (Fsp3) is 0.923. The van der Waals surface area contributed by atoms with Gasteiger partial charge in [0.2, 0.25) is 0 Å². The van der Waals surface area contributed by atoms with Gasteiger partial charge in [-0.15, -0.1) is 0 Å². The lowest BCUT2D eigenvalue weighted by Gasteiger charge is -2.29. The molecule has 2 N–H and O–H groups in total. The summed E-state index contributed by atoms with van der Waals surface area (Å²) >= 11 is 0. The Morgan fingerprint density at radius 3 is 1.75 bits per heavy atom. The Balaban J connectivity index is 4.53. The van der Waals surface area contributed by atoms with Crippen molar-refractivity contribution in [1.82, 2.24) is 4.90 Å². The summed E-state index contributed by atoms with van der Waals surface area (Å²) in [6.07, 6.45) is 3.53. The highest BCUT2D eigenvalue weighted by molar-refractivity contribution is 5.78. The van der Waals surface area contributed by atoms with Crippen molar-refractivity contribution in [2.75, 3.05) is 19.6 Å². The fourth-order valence-electron chi connectivity index (χ4n) is 1.98. The molecule has 16 heavy (non-hydrogen) atoms. The summed E-state index contributed by atoms with van der Waals surface area (Å²) in [4.78, 5) is 6.67. The van der Waals surface area contributed by atoms with Gasteiger partial charge in [-0.05, 0) is 38.5 Å². The van der Waals surface area contributed by atoms with Crippen molar-refractivity contribution in [2.45, 2.75) is 53.9 Å². The summed E-state index contributed by atoms with van der Waals surface area (Å²) in [7, 11) is 0. The number of nitrogens with two attached hydrogens (primary N) is 1. The second-order valence-electron chi connectivity index (χ2n) is 4.41. The van der Waals surface area contributed by atoms with Crippen LogP contribution < -0.4 is 5.73 Å². The van der Waals surface area contributed by atoms with Crippen LogP contribution in [0.25, 0.3) is 0 Å². The number of nitrogens with zero attached hydrogens (tertiary/aromatic N) is 2. The molecule has 0 aliphatic rings. The Bertz CT molecular complexity index is 195. The van der Waals surface area contributed by atoms with Crippen LogP contribution in [0, 0.1) is 5.41 Å². The molecule has 0 amide bonds. The first-order valence-electron chi connectivity index (χ1n) is 6.63. The molecule has 0 radical (unpaired) electrons. The van der Waals surface area contributed by atoms with E-state index in [0.29, 0.717) is 11.4 Å². The van der Waals surface area contributed by atoms with Crippen molar-refractivity contribution in [2.24, 2.45) is 16.1 Å². The van der Waals surface area contributed by atoms with E-state index in [-0.39, 0.29) is 0 Å². The highest BCUT2D eigenvalue weighted by Gasteiger charge is 2.23. The zero-order valence-corrected chi connectivity index (χ0v) is 11.7. The average molecular weight is 227 g/mol. The standard InChI is InChI=1S/C13H29N3/c1-6-13(7-2,8-3)11-15-12(14)16(9-4)10-5/h6-11H2,1-5H3,(H2,14,15). The first-order chi connectivity index (χ1) is 7.59. The fourth-order valence-corrected chi connectivity index (χ4v) is 1.98. The molecule has 0 fully saturated rings. The van der Waals surface area contributed by atoms with Gasteiger partial charge < -0.3 is 10.6 Å². The van der Waals surface area contributed by atoms with Gasteiger partial charge in [-0.2, -0.15) is 0 Å². The van der Waals surface area contributed by atoms with Crippen LogP contribution in [0.4, 0.5) is 0 Å². The third-order valence-electron chi connectivity index (χ3n) is 3.91. The number of hydrogen-bond donors (Lipinski definition) is 1. The van der Waals surface area contributed by atoms with Crippen molar-refractivity contribution < 1.29 is 0 Å². The topological polar surface area (TPSA) is 41.6 Å². The molecular formula is C13H29N3. The Kier molecular flexibility index (Phi) is 7.18. The third kappa shape index (κ3) is 4.03. The smallest absolute Gasteiger partial charge is 0.191 e. The molecule has 96 valence electrons. The summed E-state index contributed by atoms with van der Waals surface area (Å²) in [5, 5.41) is 0. The number of aliphatic imine (C=N–C) groups is 1. The maximum absolute atomic E-state index is 5.99. The molecule has 3 heteroatoms. The second-order valence-corrected chi connectivity index (χ2v) is 4.41. The highest BCUT2D eigenvalue weighted by atomic mass is 15.2. The van der Waals surface area contributed by atoms with Gasteiger partial charge in [-0.1, -0.05) is 20.8 Å². The van der Waals surface area contributed by atoms with E-state index in [0.717, 1.165) is 19.6 Å². The second kappa shape index (κ2) is 7.53. The van der Waals surface area contributed by atoms with Crippen LogP contribution in [0.15, 0.2) is 4.99 Å². The predicted octanol–water partition coefficient (Wildman–Crippen LogP) is 2.86. The van der Waals surface area contributed by atoms with E-state index in [9.17, 15) is 0 Å². The molecule has 0 saturated carbocycles. The normalized spacial score (nSPS) is 12.9. The Labute approximate surface area is 101 Å². The first-order valence-corrected chi connectivity index (χ1v) is 6.63. The van der Waals surface area contributed by atoms with Gasteiger partial charge in [0.15, 0.2) is 5.96 Å². The molecule has 0 aromatic carbocycles. The minimum atomic E-state index is 0.345. The summed E-state index contributed by atoms with van der Waals surface area (Å²) in [6.45, 7) is 13.7. The van der Waals surface area contributed by atoms with Gasteiger partial charge in [0.05, 0.1) is 0 Å². The van der Waals surface area contributed by atoms with Crippen LogP contribution in [-0.2, 0) is 0 Å². The molecule has 0 saturated heterocycles. The van der Waals surface area contributed by atoms with Crippen LogP contribution in [0.5, 0.6) is 0 Å². The van der Waals surface area contributed by atoms with Crippen molar-refractivity contribution in [3.05, 3.63) is 0 Å². The number of rotatable bonds is 7. The van der Waals surface area contributed by atoms with Crippen LogP contribution >= 0.6 is 0 Å². The summed E-state index contributed by atoms with van der Waals surface area (Å²) in [5.74, 6) is 0.699. The summed E-state index contributed by atoms with van der Waals surface area (Å²) in [5.41, 5.74) is 6.33. The lowest BCUT2D eigenvalue weighted by atomic mass is 9.80. The van der Waals surface area contributed by atoms with Gasteiger partial charge in [-0.25, -0.2) is 0 Å². The Morgan fingerprint density at radius 2 is 1.44 bits per heavy atom. The van der Waals surface area contributed by atoms with Gasteiger partial charge in [0.1, 0.15) is 0 Å². The molecule has 0 aliphatic heterocycles. The Morgan fingerprint density at radius 1 is 1.00 bits per heavy atom. The van der Waals surface area contributed by atoms with Crippen LogP contribution in [0.3, 0.4) is 0 Å². The average Bonchev–Trinajstić information content (AvgIpc) is 2.33. The van der Waals surface area contributed by atoms with Crippen molar-refractivity contribution in [1.29, 1.82) is 0 Å². The predicted molar refractivity (Wildman–Crippen MR) is 72.7 cm³/mol. The molecule has 0 atom stereocenters. The van der Waals surface area contributed by atoms with Crippen LogP contribution in [0.2, 0.25) is 0 Å². The van der Waals surface area contributed by atoms with Crippen molar-refractivity contribution in [3.63, 3.8) is 0 Å². The maximum atomic E-state index is 5.99. The van der Waals surface area contributed by atoms with E-state index in [2.05, 4.69) is 44.5 Å². The Hall–Kier alpha value is -0.730. The van der Waals surface area contributed by atoms with Crippen LogP contribution in [-0.4, -0.2) is 30.5 Å². The van der Waals surface area contributed by atoms with Gasteiger partial charge in [0, 0.05) is 19.6 Å². The zero-order chi connectivity index (χ0) is 12.6. The molecule has 3 nitrogen and oxygen atoms in total. The summed E-state index contributed by atoms with van der Waals surface area (Å²) in [6, 6.07) is 0. The van der Waals surface area contributed by atoms with E-state index in [1.54, 1.807) is 0 Å². The minimum Gasteiger partial charge on any atom is -0.370 e. The van der Waals surface area contributed by atoms with Gasteiger partial charge in [-0.3, -0.25) is 4.99 Å². The SMILES string of the molecule is CCN(CC)C(N)=NCC(CC)(CC)CC. The van der Waals surface area contributed by atoms with E-state index in [1.807, 2.05) is 0 Å². The highest BCUT2D eigenvalue weighted by Crippen LogP contribution is 2.30. The molecule has 0 aromatic rings. The molecular weight excluding hydrogens is 198 g/mol. The molecule has 0 unspecified atom stereocenters. The largest absolute Gasteiger partial charge is 0.370 e. The van der Waals surface area contributed by atoms with Crippen molar-refractivity contribution in [3.8, 4) is 0 Å². The van der Waals surface area contributed by atoms with Gasteiger partial charge in [0.25, 0.3) is 0 Å². The monoisotopic (exact) mass is 227 g/mol. The first kappa shape index (κ1) is 15.3. The molecule has 0 spiro atoms. The molecule has 0 rings (SSSR count). The lowest BCUT2D eigenvalue weighted by Crippen LogP contribution is -2.38. The van der Waals surface area contributed by atoms with E-state index >= 15 is 0 Å². The molecule has 0 bridgehead atoms. The molecule has 0 aromatic heterocycles. The summed E-state index contributed by atoms with van der Waals surface area (Å²) < 4.78 is 0. The number of hydrogen-bond acceptors (Lipinski definition) is 1. The quantitative estimate of drug-likeness (QED) is 0.537. The lowest BCUT2D eigenvalue weighted by molar-refractivity contribution is 0.261. The zero-order valence-electron chi connectivity index (χ0n) is 11.7. The number of guanidine groups is 1. The van der Waals surface area contributed by atoms with Crippen LogP contribution in [0.1, 0.15) is 53.9 Å².